The zero-order valence-corrected chi connectivity index (χ0v) is 12.3. The fourth-order valence-corrected chi connectivity index (χ4v) is 3.30. The second-order valence-corrected chi connectivity index (χ2v) is 5.63. The van der Waals surface area contributed by atoms with Crippen LogP contribution in [-0.4, -0.2) is 35.6 Å². The maximum absolute atomic E-state index is 6.15. The quantitative estimate of drug-likeness (QED) is 0.854. The van der Waals surface area contributed by atoms with E-state index < -0.39 is 0 Å². The summed E-state index contributed by atoms with van der Waals surface area (Å²) in [6.07, 6.45) is 7.35. The molecule has 2 rings (SSSR count). The van der Waals surface area contributed by atoms with E-state index in [2.05, 4.69) is 29.0 Å². The van der Waals surface area contributed by atoms with Crippen molar-refractivity contribution < 1.29 is 0 Å². The largest absolute Gasteiger partial charge is 0.398 e. The zero-order chi connectivity index (χ0) is 13.9. The first-order valence-electron chi connectivity index (χ1n) is 7.25. The molecule has 0 saturated carbocycles. The van der Waals surface area contributed by atoms with Gasteiger partial charge in [-0.3, -0.25) is 9.88 Å². The number of rotatable bonds is 5. The van der Waals surface area contributed by atoms with Crippen molar-refractivity contribution in [2.24, 2.45) is 0 Å². The van der Waals surface area contributed by atoms with Gasteiger partial charge in [-0.2, -0.15) is 0 Å². The molecular formula is C15H26N4. The molecule has 106 valence electrons. The Bertz CT molecular complexity index is 414. The highest BCUT2D eigenvalue weighted by atomic mass is 15.2. The SMILES string of the molecule is CCC(C)(C(NC)c1cnccc1N)N1CCCC1. The molecule has 0 bridgehead atoms. The Hall–Kier alpha value is -1.13. The third-order valence-corrected chi connectivity index (χ3v) is 4.65. The second-order valence-electron chi connectivity index (χ2n) is 5.63. The summed E-state index contributed by atoms with van der Waals surface area (Å²) >= 11 is 0. The lowest BCUT2D eigenvalue weighted by atomic mass is 9.83. The van der Waals surface area contributed by atoms with Gasteiger partial charge in [0, 0.05) is 29.2 Å². The Labute approximate surface area is 116 Å². The molecule has 1 aromatic rings. The molecule has 0 radical (unpaired) electrons. The van der Waals surface area contributed by atoms with Crippen LogP contribution in [0.4, 0.5) is 5.69 Å². The molecule has 1 fully saturated rings. The molecule has 3 N–H and O–H groups in total. The first kappa shape index (κ1) is 14.3. The summed E-state index contributed by atoms with van der Waals surface area (Å²) in [5.41, 5.74) is 8.17. The minimum Gasteiger partial charge on any atom is -0.398 e. The van der Waals surface area contributed by atoms with Gasteiger partial charge in [-0.05, 0) is 52.4 Å². The monoisotopic (exact) mass is 262 g/mol. The predicted octanol–water partition coefficient (Wildman–Crippen LogP) is 2.19. The van der Waals surface area contributed by atoms with Gasteiger partial charge in [-0.15, -0.1) is 0 Å². The summed E-state index contributed by atoms with van der Waals surface area (Å²) in [5, 5.41) is 3.47. The Morgan fingerprint density at radius 3 is 2.68 bits per heavy atom. The molecule has 4 nitrogen and oxygen atoms in total. The molecule has 0 amide bonds. The Kier molecular flexibility index (Phi) is 4.42. The van der Waals surface area contributed by atoms with E-state index in [4.69, 9.17) is 5.73 Å². The van der Waals surface area contributed by atoms with Crippen LogP contribution in [0.5, 0.6) is 0 Å². The Morgan fingerprint density at radius 1 is 1.47 bits per heavy atom. The van der Waals surface area contributed by atoms with Gasteiger partial charge in [0.15, 0.2) is 0 Å². The topological polar surface area (TPSA) is 54.2 Å². The van der Waals surface area contributed by atoms with Crippen LogP contribution in [0.25, 0.3) is 0 Å². The third-order valence-electron chi connectivity index (χ3n) is 4.65. The van der Waals surface area contributed by atoms with Crippen LogP contribution >= 0.6 is 0 Å². The van der Waals surface area contributed by atoms with Crippen molar-refractivity contribution in [2.75, 3.05) is 25.9 Å². The number of likely N-dealkylation sites (tertiary alicyclic amines) is 1. The van der Waals surface area contributed by atoms with E-state index in [-0.39, 0.29) is 11.6 Å². The number of nitrogens with one attached hydrogen (secondary N) is 1. The number of nitrogens with two attached hydrogens (primary N) is 1. The number of nitrogen functional groups attached to an aromatic ring is 1. The lowest BCUT2D eigenvalue weighted by Gasteiger charge is -2.44. The van der Waals surface area contributed by atoms with Crippen LogP contribution in [0, 0.1) is 0 Å². The standard InChI is InChI=1S/C15H26N4/c1-4-15(2,19-9-5-6-10-19)14(17-3)12-11-18-8-7-13(12)16/h7-8,11,14,17H,4-6,9-10H2,1-3H3,(H2,16,18). The molecule has 1 aromatic heterocycles. The minimum atomic E-state index is 0.0857. The van der Waals surface area contributed by atoms with Crippen LogP contribution in [0.3, 0.4) is 0 Å². The van der Waals surface area contributed by atoms with Gasteiger partial charge in [0.2, 0.25) is 0 Å². The van der Waals surface area contributed by atoms with Crippen LogP contribution in [0.15, 0.2) is 18.5 Å². The normalized spacial score (nSPS) is 21.2. The fraction of sp³-hybridized carbons (Fsp3) is 0.667. The number of anilines is 1. The van der Waals surface area contributed by atoms with Crippen LogP contribution in [0.2, 0.25) is 0 Å². The van der Waals surface area contributed by atoms with Crippen molar-refractivity contribution in [3.8, 4) is 0 Å². The number of pyridine rings is 1. The fourth-order valence-electron chi connectivity index (χ4n) is 3.30. The first-order chi connectivity index (χ1) is 9.13. The summed E-state index contributed by atoms with van der Waals surface area (Å²) in [7, 11) is 2.01. The molecule has 0 aliphatic carbocycles. The lowest BCUT2D eigenvalue weighted by molar-refractivity contribution is 0.0874. The molecule has 2 atom stereocenters. The molecule has 1 aliphatic rings. The second kappa shape index (κ2) is 5.88. The summed E-state index contributed by atoms with van der Waals surface area (Å²) in [5.74, 6) is 0. The van der Waals surface area contributed by atoms with E-state index >= 15 is 0 Å². The lowest BCUT2D eigenvalue weighted by Crippen LogP contribution is -2.52. The van der Waals surface area contributed by atoms with Crippen LogP contribution < -0.4 is 11.1 Å². The average Bonchev–Trinajstić information content (AvgIpc) is 2.96. The van der Waals surface area contributed by atoms with Gasteiger partial charge >= 0.3 is 0 Å². The van der Waals surface area contributed by atoms with Crippen LogP contribution in [0.1, 0.15) is 44.7 Å². The van der Waals surface area contributed by atoms with Gasteiger partial charge in [-0.25, -0.2) is 0 Å². The maximum atomic E-state index is 6.15. The highest BCUT2D eigenvalue weighted by Gasteiger charge is 2.40. The number of likely N-dealkylation sites (N-methyl/N-ethyl adjacent to an activating group) is 1. The third kappa shape index (κ3) is 2.60. The average molecular weight is 262 g/mol. The van der Waals surface area contributed by atoms with E-state index in [0.717, 1.165) is 17.7 Å². The number of aromatic nitrogens is 1. The van der Waals surface area contributed by atoms with Crippen LogP contribution in [-0.2, 0) is 0 Å². The van der Waals surface area contributed by atoms with Crippen molar-refractivity contribution >= 4 is 5.69 Å². The highest BCUT2D eigenvalue weighted by Crippen LogP contribution is 2.37. The summed E-state index contributed by atoms with van der Waals surface area (Å²) in [6, 6.07) is 2.10. The van der Waals surface area contributed by atoms with Gasteiger partial charge < -0.3 is 11.1 Å². The smallest absolute Gasteiger partial charge is 0.0537 e. The number of hydrogen-bond donors (Lipinski definition) is 2. The minimum absolute atomic E-state index is 0.0857. The zero-order valence-electron chi connectivity index (χ0n) is 12.3. The van der Waals surface area contributed by atoms with Crippen molar-refractivity contribution in [3.63, 3.8) is 0 Å². The molecule has 19 heavy (non-hydrogen) atoms. The molecule has 2 unspecified atom stereocenters. The molecule has 0 aromatic carbocycles. The molecule has 0 spiro atoms. The van der Waals surface area contributed by atoms with Gasteiger partial charge in [0.25, 0.3) is 0 Å². The van der Waals surface area contributed by atoms with Gasteiger partial charge in [-0.1, -0.05) is 6.92 Å². The molecular weight excluding hydrogens is 236 g/mol. The van der Waals surface area contributed by atoms with E-state index in [9.17, 15) is 0 Å². The summed E-state index contributed by atoms with van der Waals surface area (Å²) < 4.78 is 0. The van der Waals surface area contributed by atoms with Crippen molar-refractivity contribution in [2.45, 2.75) is 44.7 Å². The van der Waals surface area contributed by atoms with E-state index in [0.29, 0.717) is 0 Å². The van der Waals surface area contributed by atoms with E-state index in [1.807, 2.05) is 19.3 Å². The Balaban J connectivity index is 2.35. The first-order valence-corrected chi connectivity index (χ1v) is 7.25. The van der Waals surface area contributed by atoms with Gasteiger partial charge in [0.1, 0.15) is 0 Å². The molecule has 1 saturated heterocycles. The van der Waals surface area contributed by atoms with E-state index in [1.165, 1.54) is 25.9 Å². The summed E-state index contributed by atoms with van der Waals surface area (Å²) in [4.78, 5) is 6.85. The maximum Gasteiger partial charge on any atom is 0.0537 e. The summed E-state index contributed by atoms with van der Waals surface area (Å²) in [6.45, 7) is 6.96. The highest BCUT2D eigenvalue weighted by molar-refractivity contribution is 5.47. The van der Waals surface area contributed by atoms with E-state index in [1.54, 1.807) is 6.20 Å². The molecule has 1 aliphatic heterocycles. The van der Waals surface area contributed by atoms with Gasteiger partial charge in [0.05, 0.1) is 6.04 Å². The molecule has 2 heterocycles. The van der Waals surface area contributed by atoms with Crippen molar-refractivity contribution in [1.29, 1.82) is 0 Å². The molecule has 4 heteroatoms. The van der Waals surface area contributed by atoms with Crippen molar-refractivity contribution in [3.05, 3.63) is 24.0 Å². The predicted molar refractivity (Wildman–Crippen MR) is 80.0 cm³/mol. The number of nitrogens with zero attached hydrogens (tertiary/aromatic N) is 2. The number of hydrogen-bond acceptors (Lipinski definition) is 4. The Morgan fingerprint density at radius 2 is 2.16 bits per heavy atom. The van der Waals surface area contributed by atoms with Crippen molar-refractivity contribution in [1.82, 2.24) is 15.2 Å².